The third kappa shape index (κ3) is 2.66. The van der Waals surface area contributed by atoms with Gasteiger partial charge in [-0.25, -0.2) is 0 Å². The lowest BCUT2D eigenvalue weighted by atomic mass is 10.2. The Kier molecular flexibility index (Phi) is 3.75. The average Bonchev–Trinajstić information content (AvgIpc) is 2.03. The van der Waals surface area contributed by atoms with E-state index in [-0.39, 0.29) is 0 Å². The van der Waals surface area contributed by atoms with Crippen LogP contribution in [0.5, 0.6) is 0 Å². The molecule has 1 N–H and O–H groups in total. The van der Waals surface area contributed by atoms with Crippen LogP contribution in [0.4, 0.5) is 0 Å². The van der Waals surface area contributed by atoms with E-state index in [0.717, 1.165) is 13.0 Å². The zero-order valence-corrected chi connectivity index (χ0v) is 7.84. The molecule has 0 unspecified atom stereocenters. The summed E-state index contributed by atoms with van der Waals surface area (Å²) in [5, 5.41) is 0. The summed E-state index contributed by atoms with van der Waals surface area (Å²) in [5.41, 5.74) is 1.40. The van der Waals surface area contributed by atoms with Gasteiger partial charge in [-0.3, -0.25) is 3.53 Å². The molecular formula is C8H10IN. The largest absolute Gasteiger partial charge is 0.261 e. The van der Waals surface area contributed by atoms with Crippen LogP contribution in [-0.2, 0) is 6.42 Å². The SMILES string of the molecule is INCCc1ccccc1. The van der Waals surface area contributed by atoms with Gasteiger partial charge < -0.3 is 0 Å². The smallest absolute Gasteiger partial charge is 0.0169 e. The van der Waals surface area contributed by atoms with Crippen LogP contribution in [0.25, 0.3) is 0 Å². The lowest BCUT2D eigenvalue weighted by molar-refractivity contribution is 0.932. The Morgan fingerprint density at radius 1 is 1.20 bits per heavy atom. The summed E-state index contributed by atoms with van der Waals surface area (Å²) in [6.45, 7) is 1.05. The second-order valence-electron chi connectivity index (χ2n) is 2.12. The van der Waals surface area contributed by atoms with Crippen molar-refractivity contribution >= 4 is 22.9 Å². The Morgan fingerprint density at radius 2 is 1.90 bits per heavy atom. The highest BCUT2D eigenvalue weighted by Gasteiger charge is 1.87. The van der Waals surface area contributed by atoms with Gasteiger partial charge in [0.1, 0.15) is 0 Å². The number of benzene rings is 1. The third-order valence-electron chi connectivity index (χ3n) is 1.35. The summed E-state index contributed by atoms with van der Waals surface area (Å²) in [5.74, 6) is 0. The fourth-order valence-electron chi connectivity index (χ4n) is 0.836. The highest BCUT2D eigenvalue weighted by atomic mass is 127. The molecule has 0 aromatic heterocycles. The van der Waals surface area contributed by atoms with Crippen LogP contribution < -0.4 is 3.53 Å². The Morgan fingerprint density at radius 3 is 2.50 bits per heavy atom. The number of hydrogen-bond donors (Lipinski definition) is 1. The molecule has 1 aromatic rings. The molecule has 0 bridgehead atoms. The fourth-order valence-corrected chi connectivity index (χ4v) is 1.11. The van der Waals surface area contributed by atoms with Crippen molar-refractivity contribution in [2.75, 3.05) is 6.54 Å². The van der Waals surface area contributed by atoms with Gasteiger partial charge in [0, 0.05) is 29.4 Å². The molecule has 10 heavy (non-hydrogen) atoms. The highest BCUT2D eigenvalue weighted by molar-refractivity contribution is 14.1. The molecule has 0 fully saturated rings. The van der Waals surface area contributed by atoms with Crippen molar-refractivity contribution in [2.45, 2.75) is 6.42 Å². The van der Waals surface area contributed by atoms with Crippen molar-refractivity contribution in [2.24, 2.45) is 0 Å². The van der Waals surface area contributed by atoms with Gasteiger partial charge in [-0.05, 0) is 12.0 Å². The average molecular weight is 247 g/mol. The molecular weight excluding hydrogens is 237 g/mol. The Bertz CT molecular complexity index is 174. The first-order chi connectivity index (χ1) is 4.93. The molecule has 0 aliphatic heterocycles. The van der Waals surface area contributed by atoms with Crippen LogP contribution >= 0.6 is 22.9 Å². The second-order valence-corrected chi connectivity index (χ2v) is 2.88. The Balaban J connectivity index is 2.43. The normalized spacial score (nSPS) is 9.70. The number of halogens is 1. The van der Waals surface area contributed by atoms with E-state index < -0.39 is 0 Å². The van der Waals surface area contributed by atoms with Crippen molar-refractivity contribution < 1.29 is 0 Å². The van der Waals surface area contributed by atoms with Crippen LogP contribution in [0.1, 0.15) is 5.56 Å². The first kappa shape index (κ1) is 8.01. The van der Waals surface area contributed by atoms with Gasteiger partial charge in [-0.1, -0.05) is 30.3 Å². The standard InChI is InChI=1S/C8H10IN/c9-10-7-6-8-4-2-1-3-5-8/h1-5,10H,6-7H2. The van der Waals surface area contributed by atoms with Crippen molar-refractivity contribution in [1.29, 1.82) is 0 Å². The minimum absolute atomic E-state index is 1.05. The lowest BCUT2D eigenvalue weighted by Crippen LogP contribution is -2.02. The number of hydrogen-bond acceptors (Lipinski definition) is 1. The molecule has 0 spiro atoms. The van der Waals surface area contributed by atoms with Crippen LogP contribution in [0.2, 0.25) is 0 Å². The fraction of sp³-hybridized carbons (Fsp3) is 0.250. The number of nitrogens with one attached hydrogen (secondary N) is 1. The molecule has 2 heteroatoms. The third-order valence-corrected chi connectivity index (χ3v) is 1.89. The molecule has 0 aliphatic carbocycles. The van der Waals surface area contributed by atoms with Crippen molar-refractivity contribution in [3.63, 3.8) is 0 Å². The van der Waals surface area contributed by atoms with E-state index in [0.29, 0.717) is 0 Å². The van der Waals surface area contributed by atoms with Gasteiger partial charge in [0.05, 0.1) is 0 Å². The van der Waals surface area contributed by atoms with Crippen LogP contribution in [0.15, 0.2) is 30.3 Å². The van der Waals surface area contributed by atoms with E-state index in [1.807, 2.05) is 6.07 Å². The topological polar surface area (TPSA) is 12.0 Å². The summed E-state index contributed by atoms with van der Waals surface area (Å²) < 4.78 is 3.09. The summed E-state index contributed by atoms with van der Waals surface area (Å²) in [6.07, 6.45) is 1.11. The van der Waals surface area contributed by atoms with Crippen LogP contribution in [0.3, 0.4) is 0 Å². The molecule has 0 heterocycles. The molecule has 0 saturated heterocycles. The van der Waals surface area contributed by atoms with Crippen LogP contribution in [0, 0.1) is 0 Å². The van der Waals surface area contributed by atoms with Gasteiger partial charge in [0.2, 0.25) is 0 Å². The molecule has 0 aliphatic rings. The highest BCUT2D eigenvalue weighted by Crippen LogP contribution is 1.98. The maximum atomic E-state index is 3.09. The van der Waals surface area contributed by atoms with Gasteiger partial charge in [-0.15, -0.1) is 0 Å². The summed E-state index contributed by atoms with van der Waals surface area (Å²) in [6, 6.07) is 10.5. The molecule has 54 valence electrons. The number of rotatable bonds is 3. The quantitative estimate of drug-likeness (QED) is 0.637. The Hall–Kier alpha value is -0.0900. The molecule has 0 atom stereocenters. The zero-order valence-electron chi connectivity index (χ0n) is 5.68. The van der Waals surface area contributed by atoms with E-state index in [4.69, 9.17) is 0 Å². The minimum atomic E-state index is 1.05. The van der Waals surface area contributed by atoms with Gasteiger partial charge in [-0.2, -0.15) is 0 Å². The lowest BCUT2D eigenvalue weighted by Gasteiger charge is -1.96. The minimum Gasteiger partial charge on any atom is -0.261 e. The summed E-state index contributed by atoms with van der Waals surface area (Å²) in [7, 11) is 0. The molecule has 0 saturated carbocycles. The summed E-state index contributed by atoms with van der Waals surface area (Å²) in [4.78, 5) is 0. The first-order valence-electron chi connectivity index (χ1n) is 3.31. The van der Waals surface area contributed by atoms with Crippen molar-refractivity contribution in [1.82, 2.24) is 3.53 Å². The van der Waals surface area contributed by atoms with E-state index in [2.05, 4.69) is 50.7 Å². The monoisotopic (exact) mass is 247 g/mol. The maximum Gasteiger partial charge on any atom is 0.0169 e. The molecule has 1 nitrogen and oxygen atoms in total. The molecule has 0 amide bonds. The van der Waals surface area contributed by atoms with Gasteiger partial charge in [0.25, 0.3) is 0 Å². The zero-order chi connectivity index (χ0) is 7.23. The van der Waals surface area contributed by atoms with Gasteiger partial charge >= 0.3 is 0 Å². The summed E-state index contributed by atoms with van der Waals surface area (Å²) >= 11 is 2.16. The van der Waals surface area contributed by atoms with Crippen molar-refractivity contribution in [3.05, 3.63) is 35.9 Å². The van der Waals surface area contributed by atoms with E-state index >= 15 is 0 Å². The first-order valence-corrected chi connectivity index (χ1v) is 4.39. The molecule has 0 radical (unpaired) electrons. The second kappa shape index (κ2) is 4.68. The van der Waals surface area contributed by atoms with E-state index in [9.17, 15) is 0 Å². The van der Waals surface area contributed by atoms with E-state index in [1.165, 1.54) is 5.56 Å². The van der Waals surface area contributed by atoms with E-state index in [1.54, 1.807) is 0 Å². The Labute approximate surface area is 75.3 Å². The predicted octanol–water partition coefficient (Wildman–Crippen LogP) is 2.17. The predicted molar refractivity (Wildman–Crippen MR) is 52.2 cm³/mol. The molecule has 1 rings (SSSR count). The maximum absolute atomic E-state index is 3.09. The van der Waals surface area contributed by atoms with Crippen LogP contribution in [-0.4, -0.2) is 6.54 Å². The molecule has 1 aromatic carbocycles. The van der Waals surface area contributed by atoms with Gasteiger partial charge in [0.15, 0.2) is 0 Å². The van der Waals surface area contributed by atoms with Crippen molar-refractivity contribution in [3.8, 4) is 0 Å².